The first-order valence-electron chi connectivity index (χ1n) is 35.4. The summed E-state index contributed by atoms with van der Waals surface area (Å²) in [7, 11) is 0. The number of ether oxygens (including phenoxy) is 4. The third kappa shape index (κ3) is 40.3. The monoisotopic (exact) mass is 1210 g/mol. The standard InChI is InChI=1S/C71H131NO13/c1-3-5-7-9-11-13-15-17-19-21-23-25-26-27-28-29-30-31-32-33-35-36-38-40-42-44-46-48-50-52-54-60(75)59(58-82-70-68(81)66(79)69(62(57-74)84-70)85-71-67(80)65(78)64(77)61(56-73)83-71)72-63(76)55-53-51-49-47-45-43-41-39-37-34-24-22-20-18-16-14-12-10-8-6-4-2/h22,24,36,38,44,46,52,54,59-62,64-71,73-75,77-81H,3-21,23,25-35,37,39-43,45,47-51,53,55-58H2,1-2H3,(H,72,76)/b24-22-,38-36+,46-44+,54-52+. The average molecular weight is 1210 g/mol. The number of aliphatic hydroxyl groups is 8. The molecule has 1 amide bonds. The predicted octanol–water partition coefficient (Wildman–Crippen LogP) is 14.3. The van der Waals surface area contributed by atoms with Crippen LogP contribution in [0.1, 0.15) is 303 Å². The number of hydrogen-bond donors (Lipinski definition) is 9. The van der Waals surface area contributed by atoms with Gasteiger partial charge in [0.1, 0.15) is 48.8 Å². The minimum atomic E-state index is -1.79. The van der Waals surface area contributed by atoms with Gasteiger partial charge >= 0.3 is 0 Å². The topological polar surface area (TPSA) is 228 Å². The summed E-state index contributed by atoms with van der Waals surface area (Å²) in [4.78, 5) is 13.3. The third-order valence-electron chi connectivity index (χ3n) is 17.2. The minimum Gasteiger partial charge on any atom is -0.394 e. The van der Waals surface area contributed by atoms with Crippen LogP contribution in [0.5, 0.6) is 0 Å². The Balaban J connectivity index is 1.70. The van der Waals surface area contributed by atoms with Crippen LogP contribution in [0.2, 0.25) is 0 Å². The number of rotatable bonds is 58. The van der Waals surface area contributed by atoms with E-state index in [0.717, 1.165) is 44.9 Å². The predicted molar refractivity (Wildman–Crippen MR) is 346 cm³/mol. The number of unbranched alkanes of at least 4 members (excludes halogenated alkanes) is 39. The summed E-state index contributed by atoms with van der Waals surface area (Å²) in [5.41, 5.74) is 0. The van der Waals surface area contributed by atoms with Crippen LogP contribution in [-0.2, 0) is 23.7 Å². The van der Waals surface area contributed by atoms with Crippen LogP contribution < -0.4 is 5.32 Å². The zero-order valence-corrected chi connectivity index (χ0v) is 54.1. The molecule has 0 radical (unpaired) electrons. The van der Waals surface area contributed by atoms with Crippen LogP contribution in [0, 0.1) is 0 Å². The summed E-state index contributed by atoms with van der Waals surface area (Å²) in [6.07, 6.45) is 56.0. The lowest BCUT2D eigenvalue weighted by molar-refractivity contribution is -0.359. The van der Waals surface area contributed by atoms with Crippen LogP contribution in [0.25, 0.3) is 0 Å². The van der Waals surface area contributed by atoms with E-state index < -0.39 is 86.8 Å². The lowest BCUT2D eigenvalue weighted by Gasteiger charge is -2.46. The van der Waals surface area contributed by atoms with E-state index in [4.69, 9.17) is 18.9 Å². The molecule has 0 bridgehead atoms. The largest absolute Gasteiger partial charge is 0.394 e. The number of nitrogens with one attached hydrogen (secondary N) is 1. The minimum absolute atomic E-state index is 0.253. The maximum Gasteiger partial charge on any atom is 0.220 e. The van der Waals surface area contributed by atoms with E-state index in [1.54, 1.807) is 6.08 Å². The molecule has 2 aliphatic rings. The zero-order valence-electron chi connectivity index (χ0n) is 54.1. The summed E-state index contributed by atoms with van der Waals surface area (Å²) in [6, 6.07) is -0.941. The van der Waals surface area contributed by atoms with Crippen molar-refractivity contribution in [2.75, 3.05) is 19.8 Å². The number of aliphatic hydroxyl groups excluding tert-OH is 8. The van der Waals surface area contributed by atoms with Gasteiger partial charge in [-0.05, 0) is 70.6 Å². The van der Waals surface area contributed by atoms with E-state index in [0.29, 0.717) is 12.8 Å². The van der Waals surface area contributed by atoms with Crippen molar-refractivity contribution in [3.63, 3.8) is 0 Å². The Kier molecular flexibility index (Phi) is 52.1. The van der Waals surface area contributed by atoms with Crippen molar-refractivity contribution in [2.45, 2.75) is 376 Å². The fourth-order valence-electron chi connectivity index (χ4n) is 11.6. The summed E-state index contributed by atoms with van der Waals surface area (Å²) in [6.45, 7) is 2.81. The smallest absolute Gasteiger partial charge is 0.220 e. The maximum atomic E-state index is 13.3. The fourth-order valence-corrected chi connectivity index (χ4v) is 11.6. The highest BCUT2D eigenvalue weighted by Gasteiger charge is 2.51. The average Bonchev–Trinajstić information content (AvgIpc) is 3.69. The molecule has 0 aromatic heterocycles. The maximum absolute atomic E-state index is 13.3. The van der Waals surface area contributed by atoms with Gasteiger partial charge in [0.05, 0.1) is 32.0 Å². The first-order chi connectivity index (χ1) is 41.6. The van der Waals surface area contributed by atoms with Gasteiger partial charge in [-0.25, -0.2) is 0 Å². The highest BCUT2D eigenvalue weighted by atomic mass is 16.7. The van der Waals surface area contributed by atoms with Crippen LogP contribution in [-0.4, -0.2) is 140 Å². The van der Waals surface area contributed by atoms with Crippen LogP contribution in [0.3, 0.4) is 0 Å². The number of allylic oxidation sites excluding steroid dienone is 7. The lowest BCUT2D eigenvalue weighted by atomic mass is 9.97. The van der Waals surface area contributed by atoms with Crippen LogP contribution in [0.4, 0.5) is 0 Å². The Labute approximate surface area is 518 Å². The van der Waals surface area contributed by atoms with Crippen molar-refractivity contribution in [2.24, 2.45) is 0 Å². The number of amides is 1. The zero-order chi connectivity index (χ0) is 61.6. The molecule has 12 unspecified atom stereocenters. The molecule has 2 saturated heterocycles. The Bertz CT molecular complexity index is 1610. The van der Waals surface area contributed by atoms with E-state index >= 15 is 0 Å². The second kappa shape index (κ2) is 56.0. The second-order valence-corrected chi connectivity index (χ2v) is 25.0. The molecule has 2 heterocycles. The molecule has 2 rings (SSSR count). The SMILES string of the molecule is CCCCCCCCCC/C=C\CCCCCCCCCCCC(=O)NC(COC1OC(CO)C(OC2OC(CO)C(O)C(O)C2O)C(O)C1O)C(O)/C=C/CC/C=C/CC/C=C/CCCCCCCCCCCCCCCCCCCCCC. The van der Waals surface area contributed by atoms with Gasteiger partial charge in [0, 0.05) is 6.42 Å². The molecular weight excluding hydrogens is 1070 g/mol. The Morgan fingerprint density at radius 2 is 0.753 bits per heavy atom. The van der Waals surface area contributed by atoms with Gasteiger partial charge in [-0.1, -0.05) is 274 Å². The van der Waals surface area contributed by atoms with Gasteiger partial charge in [0.25, 0.3) is 0 Å². The van der Waals surface area contributed by atoms with Gasteiger partial charge in [-0.15, -0.1) is 0 Å². The van der Waals surface area contributed by atoms with E-state index in [9.17, 15) is 45.6 Å². The molecule has 0 aromatic rings. The second-order valence-electron chi connectivity index (χ2n) is 25.0. The summed E-state index contributed by atoms with van der Waals surface area (Å²) < 4.78 is 22.8. The summed E-state index contributed by atoms with van der Waals surface area (Å²) in [5, 5.41) is 87.4. The normalized spacial score (nSPS) is 23.8. The van der Waals surface area contributed by atoms with Crippen molar-refractivity contribution in [3.8, 4) is 0 Å². The molecule has 2 aliphatic heterocycles. The first kappa shape index (κ1) is 79.0. The Morgan fingerprint density at radius 1 is 0.412 bits per heavy atom. The molecule has 0 spiro atoms. The van der Waals surface area contributed by atoms with Gasteiger partial charge in [0.2, 0.25) is 5.91 Å². The molecule has 85 heavy (non-hydrogen) atoms. The lowest BCUT2D eigenvalue weighted by Crippen LogP contribution is -2.65. The van der Waals surface area contributed by atoms with Crippen LogP contribution >= 0.6 is 0 Å². The van der Waals surface area contributed by atoms with Gasteiger partial charge in [-0.2, -0.15) is 0 Å². The van der Waals surface area contributed by atoms with Gasteiger partial charge in [0.15, 0.2) is 12.6 Å². The van der Waals surface area contributed by atoms with Crippen molar-refractivity contribution in [3.05, 3.63) is 48.6 Å². The molecule has 0 aliphatic carbocycles. The van der Waals surface area contributed by atoms with E-state index in [1.807, 2.05) is 6.08 Å². The van der Waals surface area contributed by atoms with Crippen molar-refractivity contribution in [1.82, 2.24) is 5.32 Å². The highest BCUT2D eigenvalue weighted by molar-refractivity contribution is 5.76. The summed E-state index contributed by atoms with van der Waals surface area (Å²) in [5.74, 6) is -0.253. The van der Waals surface area contributed by atoms with Gasteiger partial charge < -0.3 is 65.1 Å². The molecule has 14 heteroatoms. The molecule has 498 valence electrons. The van der Waals surface area contributed by atoms with Crippen molar-refractivity contribution < 1.29 is 64.6 Å². The quantitative estimate of drug-likeness (QED) is 0.0204. The van der Waals surface area contributed by atoms with Crippen LogP contribution in [0.15, 0.2) is 48.6 Å². The molecule has 9 N–H and O–H groups in total. The Hall–Kier alpha value is -2.05. The number of carbonyl (C=O) groups is 1. The molecule has 12 atom stereocenters. The Morgan fingerprint density at radius 3 is 1.15 bits per heavy atom. The third-order valence-corrected chi connectivity index (χ3v) is 17.2. The van der Waals surface area contributed by atoms with E-state index in [2.05, 4.69) is 55.6 Å². The van der Waals surface area contributed by atoms with E-state index in [-0.39, 0.29) is 18.9 Å². The number of carbonyl (C=O) groups excluding carboxylic acids is 1. The highest BCUT2D eigenvalue weighted by Crippen LogP contribution is 2.30. The molecule has 14 nitrogen and oxygen atoms in total. The van der Waals surface area contributed by atoms with Crippen molar-refractivity contribution in [1.29, 1.82) is 0 Å². The van der Waals surface area contributed by atoms with Gasteiger partial charge in [-0.3, -0.25) is 4.79 Å². The fraction of sp³-hybridized carbons (Fsp3) is 0.873. The molecule has 0 saturated carbocycles. The molecular formula is C71H131NO13. The van der Waals surface area contributed by atoms with Crippen molar-refractivity contribution >= 4 is 5.91 Å². The molecule has 2 fully saturated rings. The van der Waals surface area contributed by atoms with E-state index in [1.165, 1.54) is 225 Å². The molecule has 0 aromatic carbocycles. The number of hydrogen-bond acceptors (Lipinski definition) is 13. The first-order valence-corrected chi connectivity index (χ1v) is 35.4. The summed E-state index contributed by atoms with van der Waals surface area (Å²) >= 11 is 0.